The van der Waals surface area contributed by atoms with Gasteiger partial charge in [-0.1, -0.05) is 38.8 Å². The van der Waals surface area contributed by atoms with E-state index >= 15 is 0 Å². The van der Waals surface area contributed by atoms with E-state index in [1.54, 1.807) is 0 Å². The molecule has 0 aromatic heterocycles. The third kappa shape index (κ3) is 5.16. The van der Waals surface area contributed by atoms with E-state index in [4.69, 9.17) is 32.8 Å². The van der Waals surface area contributed by atoms with Crippen molar-refractivity contribution in [2.45, 2.75) is 91.2 Å². The summed E-state index contributed by atoms with van der Waals surface area (Å²) in [5.74, 6) is -11.9. The van der Waals surface area contributed by atoms with Crippen molar-refractivity contribution in [1.29, 1.82) is 0 Å². The Balaban J connectivity index is 2.26. The summed E-state index contributed by atoms with van der Waals surface area (Å²) in [5.41, 5.74) is -3.23. The summed E-state index contributed by atoms with van der Waals surface area (Å²) in [7, 11) is 0. The molecule has 1 saturated heterocycles. The van der Waals surface area contributed by atoms with Gasteiger partial charge in [0, 0.05) is 31.5 Å². The third-order valence-corrected chi connectivity index (χ3v) is 5.49. The van der Waals surface area contributed by atoms with Crippen LogP contribution in [0.2, 0.25) is 0 Å². The smallest absolute Gasteiger partial charge is 0.311 e. The van der Waals surface area contributed by atoms with Gasteiger partial charge >= 0.3 is 11.9 Å². The molecule has 1 heterocycles. The van der Waals surface area contributed by atoms with Crippen molar-refractivity contribution in [2.75, 3.05) is 0 Å². The summed E-state index contributed by atoms with van der Waals surface area (Å²) < 4.78 is 151. The summed E-state index contributed by atoms with van der Waals surface area (Å²) >= 11 is 0. The Bertz CT molecular complexity index is 1360. The average molecular weight is 436 g/mol. The number of esters is 2. The number of carbonyl (C=O) groups excluding carboxylic acids is 2. The molecule has 7 atom stereocenters. The first-order valence-electron chi connectivity index (χ1n) is 18.3. The topological polar surface area (TPSA) is 72.8 Å². The van der Waals surface area contributed by atoms with E-state index < -0.39 is 122 Å². The Morgan fingerprint density at radius 2 is 2.33 bits per heavy atom. The van der Waals surface area contributed by atoms with E-state index in [1.165, 1.54) is 0 Å². The first-order valence-corrected chi connectivity index (χ1v) is 9.75. The number of aliphatic hydroxyl groups is 1. The minimum atomic E-state index is -3.65. The molecule has 168 valence electrons. The van der Waals surface area contributed by atoms with Crippen LogP contribution in [0.5, 0.6) is 0 Å². The van der Waals surface area contributed by atoms with E-state index in [0.717, 1.165) is 20.8 Å². The van der Waals surface area contributed by atoms with E-state index in [0.29, 0.717) is 0 Å². The molecule has 3 aliphatic rings. The molecular weight excluding hydrogens is 380 g/mol. The Morgan fingerprint density at radius 3 is 3.03 bits per heavy atom. The van der Waals surface area contributed by atoms with Gasteiger partial charge in [-0.2, -0.15) is 0 Å². The molecule has 0 bridgehead atoms. The molecule has 1 N–H and O–H groups in total. The second kappa shape index (κ2) is 9.25. The Morgan fingerprint density at radius 1 is 1.53 bits per heavy atom. The van der Waals surface area contributed by atoms with Crippen LogP contribution in [0.4, 0.5) is 0 Å². The van der Waals surface area contributed by atoms with Crippen LogP contribution in [0.1, 0.15) is 96.2 Å². The average Bonchev–Trinajstić information content (AvgIpc) is 2.89. The predicted molar refractivity (Wildman–Crippen MR) is 115 cm³/mol. The molecule has 1 aliphatic heterocycles. The zero-order chi connectivity index (χ0) is 36.9. The van der Waals surface area contributed by atoms with Crippen molar-refractivity contribution in [3.8, 4) is 0 Å². The fraction of sp³-hybridized carbons (Fsp3) is 0.760. The summed E-state index contributed by atoms with van der Waals surface area (Å²) in [6.45, 7) is -4.15. The van der Waals surface area contributed by atoms with Crippen LogP contribution in [-0.4, -0.2) is 35.4 Å². The number of hydrogen-bond donors (Lipinski definition) is 1. The molecular formula is C25H38O5. The number of fused-ring (bicyclic) bond motifs is 1. The fourth-order valence-corrected chi connectivity index (χ4v) is 3.72. The number of ether oxygens (including phenoxy) is 2. The van der Waals surface area contributed by atoms with Gasteiger partial charge < -0.3 is 14.6 Å². The van der Waals surface area contributed by atoms with Gasteiger partial charge in [-0.15, -0.1) is 0 Å². The number of allylic oxidation sites excluding steroid dienone is 3. The van der Waals surface area contributed by atoms with Crippen molar-refractivity contribution in [3.63, 3.8) is 0 Å². The maximum absolute atomic E-state index is 13.7. The van der Waals surface area contributed by atoms with Gasteiger partial charge in [0.05, 0.1) is 22.0 Å². The van der Waals surface area contributed by atoms with Gasteiger partial charge in [0.25, 0.3) is 0 Å². The number of carbonyl (C=O) groups is 2. The van der Waals surface area contributed by atoms with Crippen molar-refractivity contribution < 1.29 is 47.5 Å². The van der Waals surface area contributed by atoms with E-state index in [2.05, 4.69) is 0 Å². The first-order chi connectivity index (χ1) is 20.8. The summed E-state index contributed by atoms with van der Waals surface area (Å²) in [5, 5.41) is 10.2. The molecule has 1 fully saturated rings. The van der Waals surface area contributed by atoms with Gasteiger partial charge in [-0.05, 0) is 62.7 Å². The van der Waals surface area contributed by atoms with Crippen molar-refractivity contribution >= 4 is 11.9 Å². The van der Waals surface area contributed by atoms with Gasteiger partial charge in [0.15, 0.2) is 0 Å². The standard InChI is InChI=1S/C25H38O5/c1-6-25(4,5)24(28)30-21-12-15(2)11-17-8-7-16(3)20(23(17)21)10-9-19-13-18(26)14-22(27)29-19/h7-8,11,15-16,18-21,23,26H,6,9-10,12-14H2,1-5H3/t15-,16-,18+,19?,20-,21?,23-/m0/s1/i1D3,2D3,6D2,7D,8D,11D,12D2,14D2,15D,16D. The van der Waals surface area contributed by atoms with Gasteiger partial charge in [-0.25, -0.2) is 0 Å². The molecule has 0 spiro atoms. The second-order valence-electron chi connectivity index (χ2n) is 8.20. The highest BCUT2D eigenvalue weighted by Crippen LogP contribution is 2.45. The molecule has 2 aliphatic carbocycles. The predicted octanol–water partition coefficient (Wildman–Crippen LogP) is 4.59. The summed E-state index contributed by atoms with van der Waals surface area (Å²) in [6.07, 6.45) is -15.9. The zero-order valence-corrected chi connectivity index (χ0v) is 17.1. The van der Waals surface area contributed by atoms with Crippen LogP contribution < -0.4 is 0 Å². The van der Waals surface area contributed by atoms with Gasteiger partial charge in [0.1, 0.15) is 12.2 Å². The Kier molecular flexibility index (Phi) is 2.92. The Labute approximate surface area is 204 Å². The molecule has 0 amide bonds. The maximum atomic E-state index is 13.7. The van der Waals surface area contributed by atoms with Gasteiger partial charge in [0.2, 0.25) is 0 Å². The van der Waals surface area contributed by atoms with Crippen molar-refractivity contribution in [3.05, 3.63) is 23.7 Å². The van der Waals surface area contributed by atoms with Crippen LogP contribution in [0.25, 0.3) is 0 Å². The van der Waals surface area contributed by atoms with Crippen LogP contribution >= 0.6 is 0 Å². The third-order valence-electron chi connectivity index (χ3n) is 5.49. The molecule has 5 heteroatoms. The Hall–Kier alpha value is -1.62. The lowest BCUT2D eigenvalue weighted by atomic mass is 9.65. The molecule has 5 nitrogen and oxygen atoms in total. The van der Waals surface area contributed by atoms with E-state index in [-0.39, 0.29) is 12.8 Å². The lowest BCUT2D eigenvalue weighted by Crippen LogP contribution is -2.43. The molecule has 0 radical (unpaired) electrons. The zero-order valence-electron chi connectivity index (χ0n) is 34.1. The number of aliphatic hydroxyl groups excluding tert-OH is 1. The number of hydrogen-bond acceptors (Lipinski definition) is 5. The maximum Gasteiger partial charge on any atom is 0.311 e. The van der Waals surface area contributed by atoms with Crippen molar-refractivity contribution in [1.82, 2.24) is 0 Å². The lowest BCUT2D eigenvalue weighted by Gasteiger charge is -2.44. The fourth-order valence-electron chi connectivity index (χ4n) is 3.72. The van der Waals surface area contributed by atoms with E-state index in [1.807, 2.05) is 0 Å². The van der Waals surface area contributed by atoms with Gasteiger partial charge in [-0.3, -0.25) is 9.59 Å². The minimum Gasteiger partial charge on any atom is -0.462 e. The summed E-state index contributed by atoms with van der Waals surface area (Å²) in [4.78, 5) is 25.9. The molecule has 0 saturated carbocycles. The quantitative estimate of drug-likeness (QED) is 0.618. The SMILES string of the molecule is [2H]C1=C([2H])[C@]([2H])(C)[C@H](CCC2C[C@@H](O)C([2H])([2H])C(=O)O2)[C@@H]2C1=C([2H])[C@]([2H])(C([2H])([2H])[2H])C([2H])([2H])C2OC(=O)C(C)(C)C([2H])([2H])C([2H])([2H])[2H]. The van der Waals surface area contributed by atoms with Crippen LogP contribution in [0, 0.1) is 29.0 Å². The first kappa shape index (κ1) is 9.48. The number of rotatable bonds is 6. The van der Waals surface area contributed by atoms with Crippen LogP contribution in [0.3, 0.4) is 0 Å². The molecule has 0 aromatic carbocycles. The molecule has 0 aromatic rings. The molecule has 2 unspecified atom stereocenters. The van der Waals surface area contributed by atoms with Crippen LogP contribution in [-0.2, 0) is 19.1 Å². The normalized spacial score (nSPS) is 55.4. The number of cyclic esters (lactones) is 1. The van der Waals surface area contributed by atoms with Crippen LogP contribution in [0.15, 0.2) is 23.7 Å². The summed E-state index contributed by atoms with van der Waals surface area (Å²) in [6, 6.07) is -2.88. The molecule has 30 heavy (non-hydrogen) atoms. The highest BCUT2D eigenvalue weighted by molar-refractivity contribution is 5.76. The monoisotopic (exact) mass is 435 g/mol. The second-order valence-corrected chi connectivity index (χ2v) is 8.20. The largest absolute Gasteiger partial charge is 0.462 e. The van der Waals surface area contributed by atoms with Crippen molar-refractivity contribution in [2.24, 2.45) is 29.0 Å². The minimum absolute atomic E-state index is 0.252. The highest BCUT2D eigenvalue weighted by atomic mass is 16.6. The van der Waals surface area contributed by atoms with E-state index in [9.17, 15) is 14.7 Å². The lowest BCUT2D eigenvalue weighted by molar-refractivity contribution is -0.166. The molecule has 3 rings (SSSR count). The highest BCUT2D eigenvalue weighted by Gasteiger charge is 2.43.